The lowest BCUT2D eigenvalue weighted by Gasteiger charge is -2.10. The van der Waals surface area contributed by atoms with Gasteiger partial charge in [-0.3, -0.25) is 9.59 Å². The van der Waals surface area contributed by atoms with Crippen LogP contribution in [0.25, 0.3) is 10.4 Å². The molecule has 0 aliphatic heterocycles. The molecule has 0 saturated heterocycles. The largest absolute Gasteiger partial charge is 0.508 e. The highest BCUT2D eigenvalue weighted by atomic mass is 32.1. The van der Waals surface area contributed by atoms with Crippen LogP contribution in [0.15, 0.2) is 48.5 Å². The number of carbonyl (C=O) groups is 2. The molecule has 1 aromatic heterocycles. The number of thiophene rings is 1. The zero-order valence-electron chi connectivity index (χ0n) is 14.8. The summed E-state index contributed by atoms with van der Waals surface area (Å²) in [6.45, 7) is 0. The fourth-order valence-corrected chi connectivity index (χ4v) is 4.02. The van der Waals surface area contributed by atoms with Gasteiger partial charge < -0.3 is 20.4 Å². The summed E-state index contributed by atoms with van der Waals surface area (Å²) in [7, 11) is 0. The summed E-state index contributed by atoms with van der Waals surface area (Å²) < 4.78 is 0. The summed E-state index contributed by atoms with van der Waals surface area (Å²) in [4.78, 5) is 25.0. The van der Waals surface area contributed by atoms with Crippen molar-refractivity contribution in [2.24, 2.45) is 0 Å². The van der Waals surface area contributed by atoms with Gasteiger partial charge in [0.1, 0.15) is 23.0 Å². The van der Waals surface area contributed by atoms with Gasteiger partial charge in [-0.15, -0.1) is 11.3 Å². The molecule has 0 amide bonds. The van der Waals surface area contributed by atoms with Crippen LogP contribution in [-0.2, 0) is 28.9 Å². The summed E-state index contributed by atoms with van der Waals surface area (Å²) >= 11 is 1.37. The molecule has 0 fully saturated rings. The van der Waals surface area contributed by atoms with Crippen molar-refractivity contribution in [3.8, 4) is 27.7 Å². The number of rotatable bonds is 7. The fourth-order valence-electron chi connectivity index (χ4n) is 2.96. The number of carboxylic acids is 1. The predicted octanol–water partition coefficient (Wildman–Crippen LogP) is 3.51. The van der Waals surface area contributed by atoms with Crippen LogP contribution in [0, 0.1) is 0 Å². The first kappa shape index (κ1) is 19.4. The minimum atomic E-state index is -0.898. The molecular weight excluding hydrogens is 380 g/mol. The van der Waals surface area contributed by atoms with E-state index in [4.69, 9.17) is 5.11 Å². The molecule has 1 heterocycles. The summed E-state index contributed by atoms with van der Waals surface area (Å²) in [5.41, 5.74) is 1.69. The zero-order chi connectivity index (χ0) is 20.3. The highest BCUT2D eigenvalue weighted by molar-refractivity contribution is 7.15. The van der Waals surface area contributed by atoms with Crippen LogP contribution < -0.4 is 0 Å². The van der Waals surface area contributed by atoms with Crippen molar-refractivity contribution in [3.63, 3.8) is 0 Å². The molecule has 6 nitrogen and oxygen atoms in total. The second kappa shape index (κ2) is 8.14. The molecular formula is C21H18O6S. The molecule has 28 heavy (non-hydrogen) atoms. The lowest BCUT2D eigenvalue weighted by atomic mass is 9.97. The third-order valence-corrected chi connectivity index (χ3v) is 5.34. The maximum absolute atomic E-state index is 12.5. The molecule has 0 atom stereocenters. The maximum Gasteiger partial charge on any atom is 0.308 e. The Bertz CT molecular complexity index is 1010. The van der Waals surface area contributed by atoms with Crippen LogP contribution in [0.1, 0.15) is 16.0 Å². The van der Waals surface area contributed by atoms with Crippen molar-refractivity contribution in [2.45, 2.75) is 19.3 Å². The average molecular weight is 398 g/mol. The third-order valence-electron chi connectivity index (χ3n) is 4.22. The van der Waals surface area contributed by atoms with Gasteiger partial charge in [0, 0.05) is 40.3 Å². The van der Waals surface area contributed by atoms with Gasteiger partial charge in [-0.05, 0) is 23.3 Å². The molecule has 0 bridgehead atoms. The van der Waals surface area contributed by atoms with Gasteiger partial charge >= 0.3 is 5.97 Å². The Kier molecular flexibility index (Phi) is 5.65. The van der Waals surface area contributed by atoms with E-state index in [1.54, 1.807) is 6.07 Å². The predicted molar refractivity (Wildman–Crippen MR) is 105 cm³/mol. The van der Waals surface area contributed by atoms with Crippen molar-refractivity contribution >= 4 is 23.1 Å². The van der Waals surface area contributed by atoms with E-state index >= 15 is 0 Å². The quantitative estimate of drug-likeness (QED) is 0.484. The number of benzene rings is 2. The molecule has 0 aliphatic carbocycles. The normalized spacial score (nSPS) is 10.7. The summed E-state index contributed by atoms with van der Waals surface area (Å²) in [5, 5.41) is 38.0. The number of hydrogen-bond acceptors (Lipinski definition) is 6. The number of carbonyl (C=O) groups excluding carboxylic acids is 1. The van der Waals surface area contributed by atoms with E-state index in [1.165, 1.54) is 11.3 Å². The Labute approximate surface area is 165 Å². The van der Waals surface area contributed by atoms with Gasteiger partial charge in [0.25, 0.3) is 0 Å². The molecule has 3 aromatic rings. The summed E-state index contributed by atoms with van der Waals surface area (Å²) in [5.74, 6) is -2.07. The lowest BCUT2D eigenvalue weighted by molar-refractivity contribution is -0.136. The molecule has 0 unspecified atom stereocenters. The van der Waals surface area contributed by atoms with Gasteiger partial charge in [0.2, 0.25) is 0 Å². The molecule has 3 rings (SSSR count). The van der Waals surface area contributed by atoms with Crippen molar-refractivity contribution in [3.05, 3.63) is 64.5 Å². The molecule has 2 aromatic carbocycles. The molecule has 0 spiro atoms. The molecule has 0 radical (unpaired) electrons. The minimum Gasteiger partial charge on any atom is -0.508 e. The van der Waals surface area contributed by atoms with Crippen LogP contribution in [0.2, 0.25) is 0 Å². The monoisotopic (exact) mass is 398 g/mol. The fraction of sp³-hybridized carbons (Fsp3) is 0.143. The Morgan fingerprint density at radius 1 is 0.857 bits per heavy atom. The number of aromatic hydroxyl groups is 3. The number of carboxylic acid groups (broad SMARTS) is 1. The summed E-state index contributed by atoms with van der Waals surface area (Å²) in [6, 6.07) is 13.1. The number of phenols is 3. The Balaban J connectivity index is 1.81. The van der Waals surface area contributed by atoms with E-state index in [0.717, 1.165) is 33.0 Å². The molecule has 0 saturated carbocycles. The average Bonchev–Trinajstić information content (AvgIpc) is 3.06. The first-order valence-corrected chi connectivity index (χ1v) is 9.29. The minimum absolute atomic E-state index is 0.0504. The van der Waals surface area contributed by atoms with Gasteiger partial charge in [-0.2, -0.15) is 0 Å². The topological polar surface area (TPSA) is 115 Å². The van der Waals surface area contributed by atoms with E-state index in [-0.39, 0.29) is 47.9 Å². The Morgan fingerprint density at radius 2 is 1.54 bits per heavy atom. The number of hydrogen-bond donors (Lipinski definition) is 4. The smallest absolute Gasteiger partial charge is 0.308 e. The maximum atomic E-state index is 12.5. The Morgan fingerprint density at radius 3 is 2.21 bits per heavy atom. The van der Waals surface area contributed by atoms with Gasteiger partial charge in [0.05, 0.1) is 6.42 Å². The molecule has 144 valence electrons. The van der Waals surface area contributed by atoms with Gasteiger partial charge in [0.15, 0.2) is 0 Å². The molecule has 7 heteroatoms. The van der Waals surface area contributed by atoms with Gasteiger partial charge in [-0.1, -0.05) is 24.3 Å². The Hall–Kier alpha value is -3.32. The van der Waals surface area contributed by atoms with Crippen LogP contribution in [0.4, 0.5) is 0 Å². The number of Topliss-reactive ketones (excluding diaryl/α,β-unsaturated/α-hetero) is 1. The number of ketones is 1. The SMILES string of the molecule is O=C(O)Cc1ccc(-c2ccccc2CC(=O)Cc2c(O)cc(O)cc2O)s1. The van der Waals surface area contributed by atoms with Crippen LogP contribution in [0.3, 0.4) is 0 Å². The van der Waals surface area contributed by atoms with E-state index in [2.05, 4.69) is 0 Å². The van der Waals surface area contributed by atoms with Gasteiger partial charge in [-0.25, -0.2) is 0 Å². The highest BCUT2D eigenvalue weighted by Crippen LogP contribution is 2.34. The van der Waals surface area contributed by atoms with Crippen molar-refractivity contribution in [1.29, 1.82) is 0 Å². The third kappa shape index (κ3) is 4.50. The lowest BCUT2D eigenvalue weighted by Crippen LogP contribution is -2.08. The van der Waals surface area contributed by atoms with Crippen molar-refractivity contribution in [2.75, 3.05) is 0 Å². The van der Waals surface area contributed by atoms with E-state index in [0.29, 0.717) is 0 Å². The first-order chi connectivity index (χ1) is 13.3. The molecule has 0 aliphatic rings. The van der Waals surface area contributed by atoms with Crippen LogP contribution >= 0.6 is 11.3 Å². The highest BCUT2D eigenvalue weighted by Gasteiger charge is 2.17. The zero-order valence-corrected chi connectivity index (χ0v) is 15.6. The summed E-state index contributed by atoms with van der Waals surface area (Å²) in [6.07, 6.45) is -0.145. The van der Waals surface area contributed by atoms with Crippen LogP contribution in [0.5, 0.6) is 17.2 Å². The van der Waals surface area contributed by atoms with E-state index < -0.39 is 5.97 Å². The van der Waals surface area contributed by atoms with E-state index in [9.17, 15) is 24.9 Å². The van der Waals surface area contributed by atoms with Crippen LogP contribution in [-0.4, -0.2) is 32.2 Å². The van der Waals surface area contributed by atoms with Crippen molar-refractivity contribution in [1.82, 2.24) is 0 Å². The first-order valence-electron chi connectivity index (χ1n) is 8.47. The number of phenolic OH excluding ortho intramolecular Hbond substituents is 3. The standard InChI is InChI=1S/C21H18O6S/c22-13(8-17-18(24)9-14(23)10-19(17)25)7-12-3-1-2-4-16(12)20-6-5-15(28-20)11-21(26)27/h1-6,9-10,23-25H,7-8,11H2,(H,26,27). The van der Waals surface area contributed by atoms with Crippen molar-refractivity contribution < 1.29 is 30.0 Å². The molecule has 4 N–H and O–H groups in total. The second-order valence-electron chi connectivity index (χ2n) is 6.35. The number of aliphatic carboxylic acids is 1. The second-order valence-corrected chi connectivity index (χ2v) is 7.52. The van der Waals surface area contributed by atoms with E-state index in [1.807, 2.05) is 30.3 Å².